The molecule has 9 heteroatoms. The lowest BCUT2D eigenvalue weighted by Gasteiger charge is -2.22. The first-order chi connectivity index (χ1) is 19.0. The summed E-state index contributed by atoms with van der Waals surface area (Å²) in [6.45, 7) is 4.00. The molecule has 3 rings (SSSR count). The second-order valence-corrected chi connectivity index (χ2v) is 9.06. The molecule has 3 aromatic rings. The first kappa shape index (κ1) is 30.0. The van der Waals surface area contributed by atoms with Gasteiger partial charge in [-0.15, -0.1) is 0 Å². The molecule has 0 spiro atoms. The van der Waals surface area contributed by atoms with Crippen LogP contribution in [0.2, 0.25) is 5.02 Å². The molecule has 1 unspecified atom stereocenters. The number of benzene rings is 3. The largest absolute Gasteiger partial charge is 0.492 e. The quantitative estimate of drug-likeness (QED) is 0.221. The highest BCUT2D eigenvalue weighted by Crippen LogP contribution is 2.24. The fraction of sp³-hybridized carbons (Fsp3) is 0.333. The highest BCUT2D eigenvalue weighted by atomic mass is 35.5. The molecular weight excluding hydrogens is 522 g/mol. The number of rotatable bonds is 16. The number of carboxylic acids is 1. The van der Waals surface area contributed by atoms with Crippen molar-refractivity contribution in [3.8, 4) is 11.5 Å². The van der Waals surface area contributed by atoms with E-state index in [1.165, 1.54) is 0 Å². The SMILES string of the molecule is CCOC(Cc1ccc(OCCN(CCCOCc2ccccc2)C(=O)Oc2ccccc2Cl)cc1)C(=O)O. The van der Waals surface area contributed by atoms with Crippen LogP contribution in [-0.4, -0.2) is 61.1 Å². The summed E-state index contributed by atoms with van der Waals surface area (Å²) < 4.78 is 22.4. The summed E-state index contributed by atoms with van der Waals surface area (Å²) in [4.78, 5) is 25.8. The first-order valence-electron chi connectivity index (χ1n) is 12.9. The Labute approximate surface area is 234 Å². The van der Waals surface area contributed by atoms with Crippen LogP contribution in [0.4, 0.5) is 4.79 Å². The minimum absolute atomic E-state index is 0.235. The Bertz CT molecular complexity index is 1160. The predicted octanol–water partition coefficient (Wildman–Crippen LogP) is 5.86. The van der Waals surface area contributed by atoms with Gasteiger partial charge in [-0.05, 0) is 48.7 Å². The van der Waals surface area contributed by atoms with E-state index < -0.39 is 18.2 Å². The summed E-state index contributed by atoms with van der Waals surface area (Å²) in [5.74, 6) is -0.100. The highest BCUT2D eigenvalue weighted by Gasteiger charge is 2.19. The number of carbonyl (C=O) groups excluding carboxylic acids is 1. The summed E-state index contributed by atoms with van der Waals surface area (Å²) >= 11 is 6.16. The predicted molar refractivity (Wildman–Crippen MR) is 148 cm³/mol. The Morgan fingerprint density at radius 1 is 0.897 bits per heavy atom. The van der Waals surface area contributed by atoms with Gasteiger partial charge in [0.05, 0.1) is 18.2 Å². The van der Waals surface area contributed by atoms with Crippen molar-refractivity contribution in [3.05, 3.63) is 95.0 Å². The Hall–Kier alpha value is -3.59. The highest BCUT2D eigenvalue weighted by molar-refractivity contribution is 6.32. The van der Waals surface area contributed by atoms with Gasteiger partial charge in [0.1, 0.15) is 12.4 Å². The fourth-order valence-electron chi connectivity index (χ4n) is 3.73. The lowest BCUT2D eigenvalue weighted by atomic mass is 10.1. The number of halogens is 1. The summed E-state index contributed by atoms with van der Waals surface area (Å²) in [7, 11) is 0. The topological polar surface area (TPSA) is 94.5 Å². The zero-order chi connectivity index (χ0) is 27.9. The van der Waals surface area contributed by atoms with E-state index in [0.29, 0.717) is 43.6 Å². The molecule has 1 atom stereocenters. The van der Waals surface area contributed by atoms with Gasteiger partial charge in [0, 0.05) is 26.2 Å². The standard InChI is InChI=1S/C30H34ClNO7/c1-2-37-28(29(33)34)21-23-13-15-25(16-14-23)38-20-18-32(30(35)39-27-12-7-6-11-26(27)31)17-8-19-36-22-24-9-4-3-5-10-24/h3-7,9-16,28H,2,8,17-22H2,1H3,(H,33,34). The van der Waals surface area contributed by atoms with Gasteiger partial charge in [-0.3, -0.25) is 0 Å². The first-order valence-corrected chi connectivity index (χ1v) is 13.2. The molecule has 1 amide bonds. The van der Waals surface area contributed by atoms with E-state index in [-0.39, 0.29) is 25.3 Å². The van der Waals surface area contributed by atoms with Crippen LogP contribution >= 0.6 is 11.6 Å². The molecule has 1 N–H and O–H groups in total. The van der Waals surface area contributed by atoms with E-state index >= 15 is 0 Å². The number of aliphatic carboxylic acids is 1. The van der Waals surface area contributed by atoms with Crippen LogP contribution in [0.1, 0.15) is 24.5 Å². The molecule has 39 heavy (non-hydrogen) atoms. The zero-order valence-corrected chi connectivity index (χ0v) is 22.7. The second kappa shape index (κ2) is 16.4. The summed E-state index contributed by atoms with van der Waals surface area (Å²) in [5.41, 5.74) is 1.91. The summed E-state index contributed by atoms with van der Waals surface area (Å²) in [5, 5.41) is 9.63. The van der Waals surface area contributed by atoms with Gasteiger partial charge in [-0.25, -0.2) is 9.59 Å². The number of amides is 1. The lowest BCUT2D eigenvalue weighted by Crippen LogP contribution is -2.38. The number of para-hydroxylation sites is 1. The smallest absolute Gasteiger partial charge is 0.415 e. The number of ether oxygens (including phenoxy) is 4. The maximum atomic E-state index is 12.9. The van der Waals surface area contributed by atoms with Gasteiger partial charge in [-0.2, -0.15) is 0 Å². The van der Waals surface area contributed by atoms with Crippen molar-refractivity contribution in [2.75, 3.05) is 32.9 Å². The molecule has 0 bridgehead atoms. The fourth-order valence-corrected chi connectivity index (χ4v) is 3.90. The van der Waals surface area contributed by atoms with E-state index in [1.807, 2.05) is 30.3 Å². The van der Waals surface area contributed by atoms with Crippen molar-refractivity contribution in [3.63, 3.8) is 0 Å². The summed E-state index contributed by atoms with van der Waals surface area (Å²) in [6.07, 6.45) is -0.543. The molecule has 3 aromatic carbocycles. The Kier molecular flexibility index (Phi) is 12.6. The normalized spacial score (nSPS) is 11.5. The van der Waals surface area contributed by atoms with Crippen LogP contribution in [0.5, 0.6) is 11.5 Å². The maximum absolute atomic E-state index is 12.9. The molecule has 208 valence electrons. The Balaban J connectivity index is 1.51. The van der Waals surface area contributed by atoms with Crippen molar-refractivity contribution in [2.24, 2.45) is 0 Å². The van der Waals surface area contributed by atoms with Gasteiger partial charge in [0.25, 0.3) is 0 Å². The van der Waals surface area contributed by atoms with Crippen LogP contribution in [0.15, 0.2) is 78.9 Å². The number of hydrogen-bond acceptors (Lipinski definition) is 6. The third-order valence-electron chi connectivity index (χ3n) is 5.74. The van der Waals surface area contributed by atoms with Crippen molar-refractivity contribution in [2.45, 2.75) is 32.5 Å². The molecule has 0 heterocycles. The third-order valence-corrected chi connectivity index (χ3v) is 6.05. The van der Waals surface area contributed by atoms with Crippen molar-refractivity contribution < 1.29 is 33.6 Å². The average molecular weight is 556 g/mol. The second-order valence-electron chi connectivity index (χ2n) is 8.66. The molecule has 0 aliphatic carbocycles. The van der Waals surface area contributed by atoms with Crippen LogP contribution < -0.4 is 9.47 Å². The number of carboxylic acid groups (broad SMARTS) is 1. The van der Waals surface area contributed by atoms with Crippen LogP contribution in [0, 0.1) is 0 Å². The number of nitrogens with zero attached hydrogens (tertiary/aromatic N) is 1. The molecule has 0 aromatic heterocycles. The lowest BCUT2D eigenvalue weighted by molar-refractivity contribution is -0.149. The van der Waals surface area contributed by atoms with E-state index in [4.69, 9.17) is 30.5 Å². The van der Waals surface area contributed by atoms with E-state index in [1.54, 1.807) is 60.4 Å². The molecule has 0 fully saturated rings. The van der Waals surface area contributed by atoms with E-state index in [2.05, 4.69) is 0 Å². The van der Waals surface area contributed by atoms with E-state index in [0.717, 1.165) is 11.1 Å². The van der Waals surface area contributed by atoms with Gasteiger partial charge >= 0.3 is 12.1 Å². The third kappa shape index (κ3) is 10.6. The van der Waals surface area contributed by atoms with Gasteiger partial charge < -0.3 is 29.0 Å². The van der Waals surface area contributed by atoms with Crippen LogP contribution in [0.25, 0.3) is 0 Å². The summed E-state index contributed by atoms with van der Waals surface area (Å²) in [6, 6.07) is 23.8. The number of hydrogen-bond donors (Lipinski definition) is 1. The van der Waals surface area contributed by atoms with Gasteiger partial charge in [0.2, 0.25) is 0 Å². The molecule has 0 aliphatic rings. The molecular formula is C30H34ClNO7. The average Bonchev–Trinajstić information content (AvgIpc) is 2.94. The molecule has 0 radical (unpaired) electrons. The maximum Gasteiger partial charge on any atom is 0.415 e. The van der Waals surface area contributed by atoms with Crippen LogP contribution in [-0.2, 0) is 27.3 Å². The minimum atomic E-state index is -0.994. The molecule has 0 saturated heterocycles. The number of carbonyl (C=O) groups is 2. The monoisotopic (exact) mass is 555 g/mol. The van der Waals surface area contributed by atoms with Crippen molar-refractivity contribution in [1.29, 1.82) is 0 Å². The molecule has 0 aliphatic heterocycles. The Morgan fingerprint density at radius 3 is 2.31 bits per heavy atom. The van der Waals surface area contributed by atoms with E-state index in [9.17, 15) is 14.7 Å². The van der Waals surface area contributed by atoms with Crippen LogP contribution in [0.3, 0.4) is 0 Å². The molecule has 0 saturated carbocycles. The van der Waals surface area contributed by atoms with Crippen molar-refractivity contribution in [1.82, 2.24) is 4.90 Å². The minimum Gasteiger partial charge on any atom is -0.492 e. The zero-order valence-electron chi connectivity index (χ0n) is 22.0. The van der Waals surface area contributed by atoms with Gasteiger partial charge in [-0.1, -0.05) is 66.2 Å². The Morgan fingerprint density at radius 2 is 1.62 bits per heavy atom. The van der Waals surface area contributed by atoms with Crippen molar-refractivity contribution >= 4 is 23.7 Å². The molecule has 8 nitrogen and oxygen atoms in total. The van der Waals surface area contributed by atoms with Gasteiger partial charge in [0.15, 0.2) is 11.9 Å².